The number of aromatic nitrogens is 4. The molecule has 8 nitrogen and oxygen atoms in total. The van der Waals surface area contributed by atoms with E-state index in [0.29, 0.717) is 37.6 Å². The van der Waals surface area contributed by atoms with Crippen molar-refractivity contribution in [2.75, 3.05) is 38.3 Å². The number of fused-ring (bicyclic) bond motifs is 3. The van der Waals surface area contributed by atoms with E-state index in [4.69, 9.17) is 9.72 Å². The number of carbonyl (C=O) groups excluding carboxylic acids is 1. The van der Waals surface area contributed by atoms with Crippen molar-refractivity contribution >= 4 is 22.6 Å². The highest BCUT2D eigenvalue weighted by Crippen LogP contribution is 2.61. The van der Waals surface area contributed by atoms with Crippen LogP contribution in [0.15, 0.2) is 12.1 Å². The quantitative estimate of drug-likeness (QED) is 0.612. The number of hydrogen-bond donors (Lipinski definition) is 2. The van der Waals surface area contributed by atoms with Gasteiger partial charge >= 0.3 is 0 Å². The maximum atomic E-state index is 14.0. The van der Waals surface area contributed by atoms with Gasteiger partial charge in [0.05, 0.1) is 30.3 Å². The summed E-state index contributed by atoms with van der Waals surface area (Å²) in [6, 6.07) is 3.61. The number of H-pyrrole nitrogens is 2. The number of hydrogen-bond acceptors (Lipinski definition) is 5. The van der Waals surface area contributed by atoms with E-state index in [1.807, 2.05) is 26.0 Å². The fraction of sp³-hybridized carbons (Fsp3) is 0.542. The number of halogens is 2. The number of anilines is 1. The molecular formula is C24H28F2N6O2. The van der Waals surface area contributed by atoms with Crippen molar-refractivity contribution in [3.63, 3.8) is 0 Å². The Hall–Kier alpha value is -2.85. The van der Waals surface area contributed by atoms with Crippen LogP contribution in [0.1, 0.15) is 23.7 Å². The molecule has 2 fully saturated rings. The van der Waals surface area contributed by atoms with Crippen LogP contribution in [0, 0.1) is 18.8 Å². The standard InChI is InChI=1S/C24H28F2N6O2/c1-12-8-14(31(3)23(33)13(2)32-4-6-34-7-5-32)9-19-20(12)28-22(27-19)21-15-10-16-17(24(16,25)26)11-18(15)29-30-21/h8-9,13,16-17H,4-7,10-11H2,1-3H3,(H,27,28)(H,29,30). The summed E-state index contributed by atoms with van der Waals surface area (Å²) in [7, 11) is 1.79. The lowest BCUT2D eigenvalue weighted by Crippen LogP contribution is -2.50. The van der Waals surface area contributed by atoms with Gasteiger partial charge < -0.3 is 14.6 Å². The van der Waals surface area contributed by atoms with Gasteiger partial charge in [-0.25, -0.2) is 13.8 Å². The molecule has 2 aliphatic carbocycles. The molecule has 3 aromatic rings. The highest BCUT2D eigenvalue weighted by Gasteiger charge is 2.69. The van der Waals surface area contributed by atoms with Crippen LogP contribution in [0.2, 0.25) is 0 Å². The van der Waals surface area contributed by atoms with Crippen LogP contribution >= 0.6 is 0 Å². The monoisotopic (exact) mass is 470 g/mol. The number of aromatic amines is 2. The lowest BCUT2D eigenvalue weighted by atomic mass is 9.96. The van der Waals surface area contributed by atoms with E-state index in [0.717, 1.165) is 46.6 Å². The topological polar surface area (TPSA) is 90.1 Å². The minimum absolute atomic E-state index is 0.0154. The average molecular weight is 471 g/mol. The number of nitrogens with zero attached hydrogens (tertiary/aromatic N) is 4. The van der Waals surface area contributed by atoms with E-state index in [9.17, 15) is 13.6 Å². The molecule has 1 saturated heterocycles. The van der Waals surface area contributed by atoms with Crippen LogP contribution < -0.4 is 4.90 Å². The molecule has 2 N–H and O–H groups in total. The van der Waals surface area contributed by atoms with Gasteiger partial charge in [-0.1, -0.05) is 0 Å². The first-order valence-electron chi connectivity index (χ1n) is 11.8. The maximum absolute atomic E-state index is 14.0. The molecule has 0 spiro atoms. The molecular weight excluding hydrogens is 442 g/mol. The molecule has 180 valence electrons. The van der Waals surface area contributed by atoms with E-state index in [2.05, 4.69) is 20.1 Å². The highest BCUT2D eigenvalue weighted by atomic mass is 19.3. The van der Waals surface area contributed by atoms with Crippen molar-refractivity contribution in [3.8, 4) is 11.5 Å². The number of amides is 1. The molecule has 3 unspecified atom stereocenters. The van der Waals surface area contributed by atoms with Gasteiger partial charge in [-0.2, -0.15) is 5.10 Å². The number of nitrogens with one attached hydrogen (secondary N) is 2. The molecule has 2 aromatic heterocycles. The van der Waals surface area contributed by atoms with Crippen LogP contribution in [-0.4, -0.2) is 76.3 Å². The first-order valence-corrected chi connectivity index (χ1v) is 11.8. The number of morpholine rings is 1. The molecule has 1 aliphatic heterocycles. The van der Waals surface area contributed by atoms with Crippen LogP contribution in [-0.2, 0) is 22.4 Å². The molecule has 3 aliphatic rings. The minimum atomic E-state index is -2.58. The van der Waals surface area contributed by atoms with Crippen LogP contribution in [0.5, 0.6) is 0 Å². The SMILES string of the molecule is Cc1cc(N(C)C(=O)C(C)N2CCOCC2)cc2[nH]c(-c3n[nH]c4c3CC3C(C4)C3(F)F)nc12. The number of ether oxygens (including phenoxy) is 1. The van der Waals surface area contributed by atoms with Crippen molar-refractivity contribution in [1.29, 1.82) is 0 Å². The fourth-order valence-electron chi connectivity index (χ4n) is 5.55. The normalized spacial score (nSPS) is 24.5. The summed E-state index contributed by atoms with van der Waals surface area (Å²) in [6.45, 7) is 6.64. The van der Waals surface area contributed by atoms with Crippen molar-refractivity contribution in [2.24, 2.45) is 11.8 Å². The van der Waals surface area contributed by atoms with Crippen molar-refractivity contribution in [3.05, 3.63) is 29.0 Å². The van der Waals surface area contributed by atoms with Crippen LogP contribution in [0.4, 0.5) is 14.5 Å². The van der Waals surface area contributed by atoms with E-state index < -0.39 is 17.8 Å². The first kappa shape index (κ1) is 21.7. The molecule has 0 bridgehead atoms. The summed E-state index contributed by atoms with van der Waals surface area (Å²) >= 11 is 0. The van der Waals surface area contributed by atoms with Crippen molar-refractivity contribution in [2.45, 2.75) is 38.7 Å². The average Bonchev–Trinajstić information content (AvgIpc) is 3.21. The van der Waals surface area contributed by atoms with E-state index >= 15 is 0 Å². The molecule has 3 atom stereocenters. The Bertz CT molecular complexity index is 1280. The zero-order valence-corrected chi connectivity index (χ0v) is 19.5. The van der Waals surface area contributed by atoms with Crippen molar-refractivity contribution < 1.29 is 18.3 Å². The summed E-state index contributed by atoms with van der Waals surface area (Å²) in [5, 5.41) is 7.37. The number of carbonyl (C=O) groups is 1. The Morgan fingerprint density at radius 3 is 2.76 bits per heavy atom. The molecule has 1 aromatic carbocycles. The Balaban J connectivity index is 1.29. The largest absolute Gasteiger partial charge is 0.379 e. The van der Waals surface area contributed by atoms with Gasteiger partial charge in [-0.15, -0.1) is 0 Å². The molecule has 6 rings (SSSR count). The number of alkyl halides is 2. The molecule has 34 heavy (non-hydrogen) atoms. The van der Waals surface area contributed by atoms with E-state index in [1.165, 1.54) is 0 Å². The van der Waals surface area contributed by atoms with Gasteiger partial charge in [-0.05, 0) is 44.4 Å². The Morgan fingerprint density at radius 2 is 2.00 bits per heavy atom. The zero-order chi connectivity index (χ0) is 23.8. The second kappa shape index (κ2) is 7.58. The van der Waals surface area contributed by atoms with E-state index in [1.54, 1.807) is 11.9 Å². The first-order chi connectivity index (χ1) is 16.3. The summed E-state index contributed by atoms with van der Waals surface area (Å²) < 4.78 is 33.3. The predicted octanol–water partition coefficient (Wildman–Crippen LogP) is 2.92. The Kier molecular flexibility index (Phi) is 4.83. The molecule has 0 radical (unpaired) electrons. The number of imidazole rings is 1. The fourth-order valence-corrected chi connectivity index (χ4v) is 5.55. The van der Waals surface area contributed by atoms with Gasteiger partial charge in [0.25, 0.3) is 5.92 Å². The number of benzene rings is 1. The number of likely N-dealkylation sites (N-methyl/N-ethyl adjacent to an activating group) is 1. The summed E-state index contributed by atoms with van der Waals surface area (Å²) in [5.41, 5.74) is 5.49. The number of aryl methyl sites for hydroxylation is 1. The zero-order valence-electron chi connectivity index (χ0n) is 19.5. The number of rotatable bonds is 4. The smallest absolute Gasteiger partial charge is 0.255 e. The van der Waals surface area contributed by atoms with Gasteiger partial charge in [0.1, 0.15) is 5.69 Å². The van der Waals surface area contributed by atoms with Gasteiger partial charge in [0, 0.05) is 48.9 Å². The second-order valence-corrected chi connectivity index (χ2v) is 9.79. The van der Waals surface area contributed by atoms with E-state index in [-0.39, 0.29) is 11.9 Å². The predicted molar refractivity (Wildman–Crippen MR) is 123 cm³/mol. The lowest BCUT2D eigenvalue weighted by Gasteiger charge is -2.33. The Morgan fingerprint density at radius 1 is 1.26 bits per heavy atom. The summed E-state index contributed by atoms with van der Waals surface area (Å²) in [6.07, 6.45) is 0.647. The lowest BCUT2D eigenvalue weighted by molar-refractivity contribution is -0.124. The molecule has 1 amide bonds. The third-order valence-corrected chi connectivity index (χ3v) is 7.82. The molecule has 3 heterocycles. The highest BCUT2D eigenvalue weighted by molar-refractivity contribution is 5.98. The third kappa shape index (κ3) is 3.26. The summed E-state index contributed by atoms with van der Waals surface area (Å²) in [4.78, 5) is 25.0. The third-order valence-electron chi connectivity index (χ3n) is 7.82. The summed E-state index contributed by atoms with van der Waals surface area (Å²) in [5.74, 6) is -3.16. The van der Waals surface area contributed by atoms with Gasteiger partial charge in [0.15, 0.2) is 5.82 Å². The van der Waals surface area contributed by atoms with Crippen LogP contribution in [0.25, 0.3) is 22.6 Å². The maximum Gasteiger partial charge on any atom is 0.255 e. The van der Waals surface area contributed by atoms with Gasteiger partial charge in [-0.3, -0.25) is 14.8 Å². The van der Waals surface area contributed by atoms with Crippen molar-refractivity contribution in [1.82, 2.24) is 25.1 Å². The van der Waals surface area contributed by atoms with Crippen LogP contribution in [0.3, 0.4) is 0 Å². The minimum Gasteiger partial charge on any atom is -0.379 e. The molecule has 1 saturated carbocycles. The molecule has 10 heteroatoms. The Labute approximate surface area is 195 Å². The van der Waals surface area contributed by atoms with Gasteiger partial charge in [0.2, 0.25) is 5.91 Å². The second-order valence-electron chi connectivity index (χ2n) is 9.79.